The molecule has 0 aliphatic carbocycles. The van der Waals surface area contributed by atoms with E-state index in [1.54, 1.807) is 12.1 Å². The summed E-state index contributed by atoms with van der Waals surface area (Å²) in [5.41, 5.74) is 5.97. The molecule has 0 radical (unpaired) electrons. The summed E-state index contributed by atoms with van der Waals surface area (Å²) in [5, 5.41) is 3.73. The van der Waals surface area contributed by atoms with E-state index in [9.17, 15) is 22.6 Å². The first-order valence-corrected chi connectivity index (χ1v) is 21.8. The van der Waals surface area contributed by atoms with Crippen LogP contribution in [0.2, 0.25) is 0 Å². The minimum absolute atomic E-state index is 0.102. The predicted octanol–water partition coefficient (Wildman–Crippen LogP) is 10.1. The molecule has 2 aliphatic rings. The first kappa shape index (κ1) is 41.8. The second-order valence-electron chi connectivity index (χ2n) is 16.0. The van der Waals surface area contributed by atoms with Crippen molar-refractivity contribution in [3.63, 3.8) is 0 Å². The average molecular weight is 794 g/mol. The fraction of sp³-hybridized carbons (Fsp3) is 0.426. The van der Waals surface area contributed by atoms with Gasteiger partial charge in [-0.15, -0.1) is 0 Å². The molecule has 0 amide bonds. The third kappa shape index (κ3) is 8.58. The maximum atomic E-state index is 12.4. The number of carbonyl (C=O) groups excluding carboxylic acids is 2. The van der Waals surface area contributed by atoms with E-state index in [0.717, 1.165) is 67.4 Å². The zero-order valence-corrected chi connectivity index (χ0v) is 35.1. The number of nitrogens with zero attached hydrogens (tertiary/aromatic N) is 2. The Hall–Kier alpha value is -4.80. The maximum absolute atomic E-state index is 12.4. The van der Waals surface area contributed by atoms with Crippen LogP contribution in [0.25, 0.3) is 21.5 Å². The number of hydrogen-bond acceptors (Lipinski definition) is 7. The van der Waals surface area contributed by atoms with Gasteiger partial charge >= 0.3 is 11.9 Å². The Kier molecular flexibility index (Phi) is 12.7. The number of carbonyl (C=O) groups is 2. The van der Waals surface area contributed by atoms with Gasteiger partial charge in [-0.3, -0.25) is 14.1 Å². The number of rotatable bonds is 17. The van der Waals surface area contributed by atoms with E-state index in [1.165, 1.54) is 33.8 Å². The number of fused-ring (bicyclic) bond motifs is 6. The molecule has 4 aromatic carbocycles. The molecule has 0 bridgehead atoms. The summed E-state index contributed by atoms with van der Waals surface area (Å²) in [6.07, 6.45) is 12.4. The molecule has 302 valence electrons. The van der Waals surface area contributed by atoms with Crippen LogP contribution in [0.5, 0.6) is 0 Å². The van der Waals surface area contributed by atoms with Gasteiger partial charge in [0.25, 0.3) is 10.1 Å². The number of esters is 2. The van der Waals surface area contributed by atoms with Crippen LogP contribution in [0.4, 0.5) is 11.4 Å². The lowest BCUT2D eigenvalue weighted by Gasteiger charge is -2.27. The van der Waals surface area contributed by atoms with Crippen molar-refractivity contribution in [1.82, 2.24) is 0 Å². The first-order valence-electron chi connectivity index (χ1n) is 20.4. The molecule has 0 saturated heterocycles. The molecule has 6 rings (SSSR count). The van der Waals surface area contributed by atoms with Gasteiger partial charge in [0.05, 0.1) is 18.6 Å². The summed E-state index contributed by atoms with van der Waals surface area (Å²) in [4.78, 5) is 26.4. The predicted molar refractivity (Wildman–Crippen MR) is 228 cm³/mol. The van der Waals surface area contributed by atoms with Gasteiger partial charge in [0.15, 0.2) is 5.71 Å². The zero-order valence-electron chi connectivity index (χ0n) is 34.3. The molecule has 2 aliphatic heterocycles. The zero-order chi connectivity index (χ0) is 41.0. The van der Waals surface area contributed by atoms with Gasteiger partial charge in [0.1, 0.15) is 11.4 Å². The van der Waals surface area contributed by atoms with Crippen molar-refractivity contribution in [1.29, 1.82) is 0 Å². The summed E-state index contributed by atoms with van der Waals surface area (Å²) in [6, 6.07) is 21.8. The molecule has 0 unspecified atom stereocenters. The minimum atomic E-state index is -4.44. The fourth-order valence-electron chi connectivity index (χ4n) is 8.96. The summed E-state index contributed by atoms with van der Waals surface area (Å²) in [5.74, 6) is -0.320. The molecular formula is C47H57N2O7S+. The normalized spacial score (nSPS) is 16.5. The van der Waals surface area contributed by atoms with Gasteiger partial charge < -0.3 is 14.4 Å². The summed E-state index contributed by atoms with van der Waals surface area (Å²) in [7, 11) is -4.44. The number of allylic oxidation sites excluding steroid dienone is 4. The van der Waals surface area contributed by atoms with Crippen molar-refractivity contribution in [2.75, 3.05) is 31.2 Å². The summed E-state index contributed by atoms with van der Waals surface area (Å²) < 4.78 is 47.6. The number of hydrogen-bond donors (Lipinski definition) is 1. The van der Waals surface area contributed by atoms with Crippen LogP contribution >= 0.6 is 0 Å². The topological polar surface area (TPSA) is 113 Å². The molecule has 0 aromatic heterocycles. The fourth-order valence-corrected chi connectivity index (χ4v) is 9.67. The molecule has 4 aromatic rings. The van der Waals surface area contributed by atoms with Crippen molar-refractivity contribution in [3.05, 3.63) is 102 Å². The lowest BCUT2D eigenvalue weighted by Crippen LogP contribution is -2.28. The Morgan fingerprint density at radius 3 is 2.09 bits per heavy atom. The quantitative estimate of drug-likeness (QED) is 0.0487. The Labute approximate surface area is 337 Å². The molecular weight excluding hydrogens is 737 g/mol. The lowest BCUT2D eigenvalue weighted by atomic mass is 9.79. The smallest absolute Gasteiger partial charge is 0.305 e. The van der Waals surface area contributed by atoms with Gasteiger partial charge in [-0.25, -0.2) is 0 Å². The van der Waals surface area contributed by atoms with Crippen molar-refractivity contribution < 1.29 is 36.6 Å². The van der Waals surface area contributed by atoms with Crippen LogP contribution in [-0.2, 0) is 40.0 Å². The van der Waals surface area contributed by atoms with Crippen LogP contribution in [0.15, 0.2) is 95.6 Å². The standard InChI is InChI=1S/C47H56N2O7S/c1-7-55-42(50)25-11-9-15-31-48-37-29-27-33-19-13-14-20-34(33)44(37)46(3,4)40(48)23-18-24-41-47(5,6)45-36-21-17-22-39(57(52,53)54)35(36)28-30-38(45)49(41)32-16-10-12-26-43(51)56-8-2/h13-14,17-24,27-30H,7-12,15-16,25-26,31-32H2,1-6H3/p+1. The largest absolute Gasteiger partial charge is 0.466 e. The van der Waals surface area contributed by atoms with Gasteiger partial charge in [-0.05, 0) is 99.4 Å². The highest BCUT2D eigenvalue weighted by Gasteiger charge is 2.46. The number of benzene rings is 4. The molecule has 57 heavy (non-hydrogen) atoms. The summed E-state index contributed by atoms with van der Waals surface area (Å²) >= 11 is 0. The maximum Gasteiger partial charge on any atom is 0.305 e. The van der Waals surface area contributed by atoms with E-state index in [-0.39, 0.29) is 22.2 Å². The van der Waals surface area contributed by atoms with Crippen LogP contribution in [0.3, 0.4) is 0 Å². The van der Waals surface area contributed by atoms with Crippen molar-refractivity contribution >= 4 is 60.7 Å². The Morgan fingerprint density at radius 1 is 0.737 bits per heavy atom. The minimum Gasteiger partial charge on any atom is -0.466 e. The van der Waals surface area contributed by atoms with Crippen molar-refractivity contribution in [2.24, 2.45) is 0 Å². The Bertz CT molecular complexity index is 2370. The van der Waals surface area contributed by atoms with Gasteiger partial charge in [-0.2, -0.15) is 13.0 Å². The van der Waals surface area contributed by atoms with Crippen molar-refractivity contribution in [3.8, 4) is 0 Å². The lowest BCUT2D eigenvalue weighted by molar-refractivity contribution is -0.438. The van der Waals surface area contributed by atoms with Gasteiger partial charge in [-0.1, -0.05) is 68.8 Å². The van der Waals surface area contributed by atoms with Crippen LogP contribution < -0.4 is 4.90 Å². The number of ether oxygens (including phenoxy) is 2. The highest BCUT2D eigenvalue weighted by Crippen LogP contribution is 2.51. The molecule has 0 atom stereocenters. The number of unbranched alkanes of at least 4 members (excludes halogenated alkanes) is 4. The molecule has 2 heterocycles. The molecule has 1 N–H and O–H groups in total. The highest BCUT2D eigenvalue weighted by atomic mass is 32.2. The molecule has 0 spiro atoms. The molecule has 9 nitrogen and oxygen atoms in total. The van der Waals surface area contributed by atoms with E-state index < -0.39 is 15.5 Å². The van der Waals surface area contributed by atoms with Crippen LogP contribution in [-0.4, -0.2) is 61.5 Å². The third-order valence-electron chi connectivity index (χ3n) is 11.5. The van der Waals surface area contributed by atoms with Crippen molar-refractivity contribution in [2.45, 2.75) is 109 Å². The van der Waals surface area contributed by atoms with Crippen LogP contribution in [0, 0.1) is 0 Å². The summed E-state index contributed by atoms with van der Waals surface area (Å²) in [6.45, 7) is 14.9. The highest BCUT2D eigenvalue weighted by molar-refractivity contribution is 7.86. The Balaban J connectivity index is 1.37. The molecule has 10 heteroatoms. The van der Waals surface area contributed by atoms with E-state index in [0.29, 0.717) is 38.0 Å². The Morgan fingerprint density at radius 2 is 1.40 bits per heavy atom. The van der Waals surface area contributed by atoms with E-state index in [4.69, 9.17) is 9.47 Å². The second kappa shape index (κ2) is 17.4. The third-order valence-corrected chi connectivity index (χ3v) is 12.4. The van der Waals surface area contributed by atoms with Gasteiger partial charge in [0.2, 0.25) is 5.69 Å². The van der Waals surface area contributed by atoms with E-state index >= 15 is 0 Å². The first-order chi connectivity index (χ1) is 27.2. The number of anilines is 1. The van der Waals surface area contributed by atoms with E-state index in [2.05, 4.69) is 91.8 Å². The van der Waals surface area contributed by atoms with Crippen LogP contribution in [0.1, 0.15) is 104 Å². The molecule has 0 saturated carbocycles. The monoisotopic (exact) mass is 793 g/mol. The average Bonchev–Trinajstić information content (AvgIpc) is 3.52. The SMILES string of the molecule is CCOC(=O)CCCCCN1/C(=C\C=C\C2=[N+](CCCCCC(=O)OCC)c3ccc4c(S(=O)(=O)O)cccc4c3C2(C)C)C(C)(C)c2c1ccc1ccccc21. The van der Waals surface area contributed by atoms with Gasteiger partial charge in [0, 0.05) is 65.7 Å². The molecule has 0 fully saturated rings. The van der Waals surface area contributed by atoms with E-state index in [1.807, 2.05) is 26.0 Å². The second-order valence-corrected chi connectivity index (χ2v) is 17.4.